The molecule has 0 aromatic carbocycles. The van der Waals surface area contributed by atoms with Crippen molar-refractivity contribution in [2.75, 3.05) is 37.7 Å². The molecular weight excluding hydrogens is 186 g/mol. The van der Waals surface area contributed by atoms with Crippen molar-refractivity contribution in [3.8, 4) is 0 Å². The van der Waals surface area contributed by atoms with Crippen molar-refractivity contribution < 1.29 is 4.79 Å². The van der Waals surface area contributed by atoms with Gasteiger partial charge >= 0.3 is 6.03 Å². The van der Waals surface area contributed by atoms with Gasteiger partial charge in [-0.2, -0.15) is 11.8 Å². The first-order valence-corrected chi connectivity index (χ1v) is 5.78. The Morgan fingerprint density at radius 1 is 1.46 bits per heavy atom. The molecule has 0 radical (unpaired) electrons. The van der Waals surface area contributed by atoms with Crippen LogP contribution in [-0.4, -0.2) is 48.6 Å². The molecule has 0 atom stereocenters. The first kappa shape index (κ1) is 10.7. The van der Waals surface area contributed by atoms with E-state index in [0.29, 0.717) is 6.54 Å². The van der Waals surface area contributed by atoms with Crippen LogP contribution < -0.4 is 11.1 Å². The molecule has 1 saturated heterocycles. The van der Waals surface area contributed by atoms with Gasteiger partial charge in [0.05, 0.1) is 0 Å². The van der Waals surface area contributed by atoms with E-state index in [2.05, 4.69) is 10.2 Å². The first-order chi connectivity index (χ1) is 6.29. The van der Waals surface area contributed by atoms with Crippen LogP contribution in [0.5, 0.6) is 0 Å². The van der Waals surface area contributed by atoms with Crippen molar-refractivity contribution in [2.45, 2.75) is 6.42 Å². The number of thioether (sulfide) groups is 1. The number of hydrogen-bond acceptors (Lipinski definition) is 3. The minimum Gasteiger partial charge on any atom is -0.352 e. The molecule has 0 aliphatic carbocycles. The molecule has 0 aromatic rings. The quantitative estimate of drug-likeness (QED) is 0.637. The summed E-state index contributed by atoms with van der Waals surface area (Å²) in [5, 5.41) is 2.59. The Morgan fingerprint density at radius 3 is 2.77 bits per heavy atom. The molecule has 1 aliphatic heterocycles. The third-order valence-electron chi connectivity index (χ3n) is 2.05. The molecule has 5 heteroatoms. The Kier molecular flexibility index (Phi) is 5.00. The lowest BCUT2D eigenvalue weighted by Crippen LogP contribution is -2.36. The minimum atomic E-state index is -0.422. The fourth-order valence-corrected chi connectivity index (χ4v) is 2.32. The van der Waals surface area contributed by atoms with Crippen LogP contribution in [0.25, 0.3) is 0 Å². The lowest BCUT2D eigenvalue weighted by molar-refractivity contribution is 0.247. The summed E-state index contributed by atoms with van der Waals surface area (Å²) in [6, 6.07) is -0.422. The van der Waals surface area contributed by atoms with Gasteiger partial charge in [0.15, 0.2) is 0 Å². The number of amides is 2. The molecule has 4 nitrogen and oxygen atoms in total. The SMILES string of the molecule is NC(=O)NCCCN1CCSCC1. The number of rotatable bonds is 4. The summed E-state index contributed by atoms with van der Waals surface area (Å²) in [7, 11) is 0. The smallest absolute Gasteiger partial charge is 0.312 e. The predicted molar refractivity (Wildman–Crippen MR) is 56.0 cm³/mol. The van der Waals surface area contributed by atoms with Gasteiger partial charge < -0.3 is 16.0 Å². The van der Waals surface area contributed by atoms with E-state index in [1.165, 1.54) is 24.6 Å². The fourth-order valence-electron chi connectivity index (χ4n) is 1.34. The maximum Gasteiger partial charge on any atom is 0.312 e. The monoisotopic (exact) mass is 203 g/mol. The Hall–Kier alpha value is -0.420. The van der Waals surface area contributed by atoms with Gasteiger partial charge in [-0.1, -0.05) is 0 Å². The number of nitrogens with zero attached hydrogens (tertiary/aromatic N) is 1. The Balaban J connectivity index is 1.95. The van der Waals surface area contributed by atoms with Crippen molar-refractivity contribution in [2.24, 2.45) is 5.73 Å². The second-order valence-corrected chi connectivity index (χ2v) is 4.32. The molecule has 1 rings (SSSR count). The summed E-state index contributed by atoms with van der Waals surface area (Å²) in [5.41, 5.74) is 4.94. The van der Waals surface area contributed by atoms with Crippen LogP contribution in [0, 0.1) is 0 Å². The van der Waals surface area contributed by atoms with E-state index in [4.69, 9.17) is 5.73 Å². The lowest BCUT2D eigenvalue weighted by atomic mass is 10.3. The highest BCUT2D eigenvalue weighted by Gasteiger charge is 2.08. The second-order valence-electron chi connectivity index (χ2n) is 3.10. The fraction of sp³-hybridized carbons (Fsp3) is 0.875. The number of nitrogens with two attached hydrogens (primary N) is 1. The van der Waals surface area contributed by atoms with E-state index >= 15 is 0 Å². The van der Waals surface area contributed by atoms with Gasteiger partial charge in [0, 0.05) is 31.1 Å². The van der Waals surface area contributed by atoms with E-state index in [9.17, 15) is 4.79 Å². The number of primary amides is 1. The van der Waals surface area contributed by atoms with Crippen LogP contribution in [0.1, 0.15) is 6.42 Å². The molecule has 1 aliphatic rings. The van der Waals surface area contributed by atoms with Crippen LogP contribution in [0.4, 0.5) is 4.79 Å². The maximum absolute atomic E-state index is 10.3. The third kappa shape index (κ3) is 5.00. The van der Waals surface area contributed by atoms with E-state index in [1.54, 1.807) is 0 Å². The van der Waals surface area contributed by atoms with E-state index < -0.39 is 6.03 Å². The van der Waals surface area contributed by atoms with Crippen molar-refractivity contribution in [1.82, 2.24) is 10.2 Å². The maximum atomic E-state index is 10.3. The van der Waals surface area contributed by atoms with Crippen LogP contribution >= 0.6 is 11.8 Å². The molecule has 76 valence electrons. The zero-order valence-corrected chi connectivity index (χ0v) is 8.61. The first-order valence-electron chi connectivity index (χ1n) is 4.62. The molecule has 0 saturated carbocycles. The highest BCUT2D eigenvalue weighted by molar-refractivity contribution is 7.99. The number of carbonyl (C=O) groups is 1. The van der Waals surface area contributed by atoms with Gasteiger partial charge in [-0.15, -0.1) is 0 Å². The molecule has 1 fully saturated rings. The normalized spacial score (nSPS) is 18.5. The number of urea groups is 1. The number of nitrogens with one attached hydrogen (secondary N) is 1. The summed E-state index contributed by atoms with van der Waals surface area (Å²) in [6.45, 7) is 4.13. The summed E-state index contributed by atoms with van der Waals surface area (Å²) in [6.07, 6.45) is 0.994. The van der Waals surface area contributed by atoms with E-state index in [1.807, 2.05) is 11.8 Å². The molecule has 3 N–H and O–H groups in total. The van der Waals surface area contributed by atoms with Gasteiger partial charge in [0.25, 0.3) is 0 Å². The third-order valence-corrected chi connectivity index (χ3v) is 3.00. The molecule has 0 aromatic heterocycles. The Labute approximate surface area is 83.2 Å². The van der Waals surface area contributed by atoms with Gasteiger partial charge in [0.1, 0.15) is 0 Å². The highest BCUT2D eigenvalue weighted by atomic mass is 32.2. The zero-order valence-electron chi connectivity index (χ0n) is 7.79. The summed E-state index contributed by atoms with van der Waals surface area (Å²) in [5.74, 6) is 2.48. The van der Waals surface area contributed by atoms with Crippen molar-refractivity contribution in [3.63, 3.8) is 0 Å². The van der Waals surface area contributed by atoms with Crippen molar-refractivity contribution >= 4 is 17.8 Å². The summed E-state index contributed by atoms with van der Waals surface area (Å²) in [4.78, 5) is 12.8. The average Bonchev–Trinajstić information content (AvgIpc) is 2.14. The number of hydrogen-bond donors (Lipinski definition) is 2. The van der Waals surface area contributed by atoms with E-state index in [0.717, 1.165) is 13.0 Å². The topological polar surface area (TPSA) is 58.4 Å². The number of carbonyl (C=O) groups excluding carboxylic acids is 1. The molecule has 2 amide bonds. The predicted octanol–water partition coefficient (Wildman–Crippen LogP) is 0.0936. The standard InChI is InChI=1S/C8H17N3OS/c9-8(12)10-2-1-3-11-4-6-13-7-5-11/h1-7H2,(H3,9,10,12). The van der Waals surface area contributed by atoms with Gasteiger partial charge in [-0.05, 0) is 13.0 Å². The second kappa shape index (κ2) is 6.10. The Bertz CT molecular complexity index is 159. The van der Waals surface area contributed by atoms with Crippen LogP contribution in [0.2, 0.25) is 0 Å². The highest BCUT2D eigenvalue weighted by Crippen LogP contribution is 2.08. The average molecular weight is 203 g/mol. The molecule has 1 heterocycles. The van der Waals surface area contributed by atoms with Crippen LogP contribution in [-0.2, 0) is 0 Å². The summed E-state index contributed by atoms with van der Waals surface area (Å²) < 4.78 is 0. The minimum absolute atomic E-state index is 0.422. The zero-order chi connectivity index (χ0) is 9.52. The molecule has 0 bridgehead atoms. The van der Waals surface area contributed by atoms with Gasteiger partial charge in [-0.3, -0.25) is 0 Å². The van der Waals surface area contributed by atoms with Gasteiger partial charge in [-0.25, -0.2) is 4.79 Å². The van der Waals surface area contributed by atoms with Crippen molar-refractivity contribution in [1.29, 1.82) is 0 Å². The molecule has 0 unspecified atom stereocenters. The van der Waals surface area contributed by atoms with E-state index in [-0.39, 0.29) is 0 Å². The Morgan fingerprint density at radius 2 is 2.15 bits per heavy atom. The van der Waals surface area contributed by atoms with Crippen LogP contribution in [0.3, 0.4) is 0 Å². The molecular formula is C8H17N3OS. The van der Waals surface area contributed by atoms with Gasteiger partial charge in [0.2, 0.25) is 0 Å². The van der Waals surface area contributed by atoms with Crippen molar-refractivity contribution in [3.05, 3.63) is 0 Å². The molecule has 0 spiro atoms. The molecule has 13 heavy (non-hydrogen) atoms. The largest absolute Gasteiger partial charge is 0.352 e. The lowest BCUT2D eigenvalue weighted by Gasteiger charge is -2.25. The summed E-state index contributed by atoms with van der Waals surface area (Å²) >= 11 is 2.01. The van der Waals surface area contributed by atoms with Crippen LogP contribution in [0.15, 0.2) is 0 Å².